The molecule has 184 valence electrons. The van der Waals surface area contributed by atoms with Gasteiger partial charge in [-0.05, 0) is 46.7 Å². The van der Waals surface area contributed by atoms with E-state index in [1.165, 1.54) is 11.3 Å². The number of carbonyl (C=O) groups is 3. The highest BCUT2D eigenvalue weighted by atomic mass is 32.1. The molecule has 3 aromatic carbocycles. The molecule has 0 unspecified atom stereocenters. The Kier molecular flexibility index (Phi) is 6.97. The number of fused-ring (bicyclic) bond motifs is 1. The monoisotopic (exact) mass is 508 g/mol. The van der Waals surface area contributed by atoms with Gasteiger partial charge in [0.15, 0.2) is 0 Å². The number of hydrogen-bond donors (Lipinski definition) is 3. The summed E-state index contributed by atoms with van der Waals surface area (Å²) >= 11 is 1.43. The maximum atomic E-state index is 13.4. The minimum absolute atomic E-state index is 0.0268. The first-order chi connectivity index (χ1) is 18.1. The fraction of sp³-hybridized carbons (Fsp3) is 0.172. The Morgan fingerprint density at radius 3 is 2.49 bits per heavy atom. The van der Waals surface area contributed by atoms with E-state index >= 15 is 0 Å². The molecule has 7 nitrogen and oxygen atoms in total. The molecule has 1 heterocycles. The molecule has 1 aliphatic carbocycles. The second kappa shape index (κ2) is 10.6. The van der Waals surface area contributed by atoms with E-state index in [1.807, 2.05) is 18.2 Å². The van der Waals surface area contributed by atoms with Gasteiger partial charge in [-0.15, -0.1) is 11.3 Å². The van der Waals surface area contributed by atoms with Crippen molar-refractivity contribution in [3.05, 3.63) is 100 Å². The van der Waals surface area contributed by atoms with Gasteiger partial charge in [-0.2, -0.15) is 0 Å². The predicted molar refractivity (Wildman–Crippen MR) is 143 cm³/mol. The van der Waals surface area contributed by atoms with E-state index in [-0.39, 0.29) is 19.0 Å². The number of aromatic nitrogens is 1. The number of benzene rings is 3. The number of amides is 3. The van der Waals surface area contributed by atoms with Gasteiger partial charge in [0.05, 0.1) is 17.6 Å². The molecule has 3 amide bonds. The zero-order valence-electron chi connectivity index (χ0n) is 19.9. The van der Waals surface area contributed by atoms with E-state index < -0.39 is 17.4 Å². The molecule has 5 rings (SSSR count). The van der Waals surface area contributed by atoms with Gasteiger partial charge in [0, 0.05) is 17.5 Å². The largest absolute Gasteiger partial charge is 0.344 e. The topological polar surface area (TPSA) is 100 Å². The van der Waals surface area contributed by atoms with Gasteiger partial charge in [-0.25, -0.2) is 4.98 Å². The van der Waals surface area contributed by atoms with Crippen molar-refractivity contribution in [1.29, 1.82) is 0 Å². The summed E-state index contributed by atoms with van der Waals surface area (Å²) in [5.41, 5.74) is 4.07. The Morgan fingerprint density at radius 2 is 1.68 bits per heavy atom. The standard InChI is InChI=1S/C29H24N4O3S/c34-26(33-29(14-15-29)25-13-5-9-20-7-1-3-11-23(20)25)24-12-4-2-8-21(24)17-31-28(36)27(35)30-16-6-10-22-18-37-19-32-22/h1-5,7-9,11-13,18-19H,14-17H2,(H,30,35)(H,31,36)(H,33,34). The van der Waals surface area contributed by atoms with Crippen molar-refractivity contribution in [1.82, 2.24) is 20.9 Å². The van der Waals surface area contributed by atoms with E-state index in [1.54, 1.807) is 35.2 Å². The molecule has 4 aromatic rings. The average molecular weight is 509 g/mol. The Morgan fingerprint density at radius 1 is 0.919 bits per heavy atom. The Balaban J connectivity index is 1.22. The SMILES string of the molecule is O=C(NCC#Cc1cscn1)C(=O)NCc1ccccc1C(=O)NC1(c2cccc3ccccc23)CC1. The van der Waals surface area contributed by atoms with E-state index in [9.17, 15) is 14.4 Å². The fourth-order valence-electron chi connectivity index (χ4n) is 4.28. The number of rotatable bonds is 6. The van der Waals surface area contributed by atoms with Crippen LogP contribution in [0.4, 0.5) is 0 Å². The van der Waals surface area contributed by atoms with Crippen LogP contribution in [0.25, 0.3) is 10.8 Å². The van der Waals surface area contributed by atoms with Crippen LogP contribution in [0.3, 0.4) is 0 Å². The van der Waals surface area contributed by atoms with Gasteiger partial charge in [-0.1, -0.05) is 66.6 Å². The summed E-state index contributed by atoms with van der Waals surface area (Å²) < 4.78 is 0. The molecule has 1 fully saturated rings. The van der Waals surface area contributed by atoms with Crippen molar-refractivity contribution in [2.75, 3.05) is 6.54 Å². The summed E-state index contributed by atoms with van der Waals surface area (Å²) in [6, 6.07) is 21.4. The van der Waals surface area contributed by atoms with Crippen LogP contribution in [0.15, 0.2) is 77.6 Å². The molecular formula is C29H24N4O3S. The molecule has 0 radical (unpaired) electrons. The van der Waals surface area contributed by atoms with E-state index in [0.29, 0.717) is 16.8 Å². The first kappa shape index (κ1) is 24.2. The average Bonchev–Trinajstić information content (AvgIpc) is 3.51. The minimum Gasteiger partial charge on any atom is -0.344 e. The molecule has 8 heteroatoms. The molecular weight excluding hydrogens is 484 g/mol. The second-order valence-corrected chi connectivity index (χ2v) is 9.48. The van der Waals surface area contributed by atoms with Crippen molar-refractivity contribution in [3.63, 3.8) is 0 Å². The smallest absolute Gasteiger partial charge is 0.310 e. The lowest BCUT2D eigenvalue weighted by Gasteiger charge is -2.21. The lowest BCUT2D eigenvalue weighted by molar-refractivity contribution is -0.139. The zero-order valence-corrected chi connectivity index (χ0v) is 20.7. The molecule has 0 aliphatic heterocycles. The van der Waals surface area contributed by atoms with Crippen LogP contribution in [0.2, 0.25) is 0 Å². The van der Waals surface area contributed by atoms with Crippen LogP contribution in [0, 0.1) is 11.8 Å². The van der Waals surface area contributed by atoms with Crippen molar-refractivity contribution in [2.45, 2.75) is 24.9 Å². The summed E-state index contributed by atoms with van der Waals surface area (Å²) in [5, 5.41) is 12.4. The summed E-state index contributed by atoms with van der Waals surface area (Å²) in [4.78, 5) is 41.8. The van der Waals surface area contributed by atoms with Gasteiger partial charge < -0.3 is 16.0 Å². The Bertz CT molecular complexity index is 1530. The summed E-state index contributed by atoms with van der Waals surface area (Å²) in [7, 11) is 0. The molecule has 1 aromatic heterocycles. The number of nitrogens with one attached hydrogen (secondary N) is 3. The molecule has 3 N–H and O–H groups in total. The number of thiazole rings is 1. The molecule has 0 saturated heterocycles. The van der Waals surface area contributed by atoms with Crippen LogP contribution in [-0.4, -0.2) is 29.3 Å². The van der Waals surface area contributed by atoms with Gasteiger partial charge >= 0.3 is 11.8 Å². The Labute approximate surface area is 218 Å². The van der Waals surface area contributed by atoms with Crippen LogP contribution in [0.5, 0.6) is 0 Å². The number of nitrogens with zero attached hydrogens (tertiary/aromatic N) is 1. The van der Waals surface area contributed by atoms with Gasteiger partial charge in [0.1, 0.15) is 5.69 Å². The predicted octanol–water partition coefficient (Wildman–Crippen LogP) is 3.50. The lowest BCUT2D eigenvalue weighted by atomic mass is 9.96. The zero-order chi connectivity index (χ0) is 25.7. The van der Waals surface area contributed by atoms with Gasteiger partial charge in [0.25, 0.3) is 5.91 Å². The van der Waals surface area contributed by atoms with E-state index in [4.69, 9.17) is 0 Å². The lowest BCUT2D eigenvalue weighted by Crippen LogP contribution is -2.40. The second-order valence-electron chi connectivity index (χ2n) is 8.76. The highest BCUT2D eigenvalue weighted by Gasteiger charge is 2.46. The minimum atomic E-state index is -0.792. The third kappa shape index (κ3) is 5.52. The highest BCUT2D eigenvalue weighted by molar-refractivity contribution is 7.07. The van der Waals surface area contributed by atoms with Crippen molar-refractivity contribution in [3.8, 4) is 11.8 Å². The maximum absolute atomic E-state index is 13.4. The van der Waals surface area contributed by atoms with Crippen LogP contribution >= 0.6 is 11.3 Å². The van der Waals surface area contributed by atoms with Crippen LogP contribution in [0.1, 0.15) is 40.0 Å². The molecule has 37 heavy (non-hydrogen) atoms. The van der Waals surface area contributed by atoms with Crippen molar-refractivity contribution in [2.24, 2.45) is 0 Å². The van der Waals surface area contributed by atoms with Crippen molar-refractivity contribution >= 4 is 39.8 Å². The first-order valence-electron chi connectivity index (χ1n) is 11.9. The molecule has 1 saturated carbocycles. The summed E-state index contributed by atoms with van der Waals surface area (Å²) in [6.07, 6.45) is 1.72. The fourth-order valence-corrected chi connectivity index (χ4v) is 4.76. The van der Waals surface area contributed by atoms with Crippen LogP contribution < -0.4 is 16.0 Å². The van der Waals surface area contributed by atoms with Gasteiger partial charge in [0.2, 0.25) is 0 Å². The number of carbonyl (C=O) groups excluding carboxylic acids is 3. The summed E-state index contributed by atoms with van der Waals surface area (Å²) in [6.45, 7) is 0.0701. The highest BCUT2D eigenvalue weighted by Crippen LogP contribution is 2.48. The van der Waals surface area contributed by atoms with E-state index in [2.05, 4.69) is 57.0 Å². The quantitative estimate of drug-likeness (QED) is 0.274. The molecule has 1 aliphatic rings. The molecule has 0 spiro atoms. The number of hydrogen-bond acceptors (Lipinski definition) is 5. The summed E-state index contributed by atoms with van der Waals surface area (Å²) in [5.74, 6) is 3.76. The third-order valence-corrected chi connectivity index (χ3v) is 6.89. The van der Waals surface area contributed by atoms with Gasteiger partial charge in [-0.3, -0.25) is 14.4 Å². The molecule has 0 bridgehead atoms. The van der Waals surface area contributed by atoms with Crippen molar-refractivity contribution < 1.29 is 14.4 Å². The van der Waals surface area contributed by atoms with Crippen LogP contribution in [-0.2, 0) is 21.7 Å². The normalized spacial score (nSPS) is 13.2. The third-order valence-electron chi connectivity index (χ3n) is 6.30. The first-order valence-corrected chi connectivity index (χ1v) is 12.8. The maximum Gasteiger partial charge on any atom is 0.310 e. The molecule has 0 atom stereocenters. The Hall–Kier alpha value is -4.48. The van der Waals surface area contributed by atoms with E-state index in [0.717, 1.165) is 29.2 Å².